The molecular weight excluding hydrogens is 498 g/mol. The average molecular weight is 536 g/mol. The zero-order valence-electron chi connectivity index (χ0n) is 23.0. The number of ether oxygens (including phenoxy) is 1. The fraction of sp³-hybridized carbons (Fsp3) is 0.367. The number of benzene rings is 2. The Kier molecular flexibility index (Phi) is 9.09. The second-order valence-electron chi connectivity index (χ2n) is 10.7. The summed E-state index contributed by atoms with van der Waals surface area (Å²) < 4.78 is 31.6. The first-order valence-corrected chi connectivity index (χ1v) is 14.2. The Morgan fingerprint density at radius 1 is 1.08 bits per heavy atom. The summed E-state index contributed by atoms with van der Waals surface area (Å²) in [4.78, 5) is 21.7. The zero-order chi connectivity index (χ0) is 28.1. The van der Waals surface area contributed by atoms with Gasteiger partial charge in [-0.1, -0.05) is 12.1 Å². The number of hydrogen-bond donors (Lipinski definition) is 1. The van der Waals surface area contributed by atoms with Gasteiger partial charge in [-0.15, -0.1) is 0 Å². The molecule has 2 N–H and O–H groups in total. The molecule has 1 aromatic heterocycles. The van der Waals surface area contributed by atoms with Crippen LogP contribution in [0, 0.1) is 6.92 Å². The van der Waals surface area contributed by atoms with Crippen molar-refractivity contribution >= 4 is 32.7 Å². The van der Waals surface area contributed by atoms with Crippen LogP contribution in [0.15, 0.2) is 70.3 Å². The van der Waals surface area contributed by atoms with Crippen molar-refractivity contribution in [2.24, 2.45) is 10.7 Å². The predicted octanol–water partition coefficient (Wildman–Crippen LogP) is 6.12. The maximum atomic E-state index is 12.7. The molecule has 0 saturated heterocycles. The summed E-state index contributed by atoms with van der Waals surface area (Å²) in [7, 11) is -3.44. The van der Waals surface area contributed by atoms with Gasteiger partial charge in [0.05, 0.1) is 21.2 Å². The van der Waals surface area contributed by atoms with E-state index in [1.54, 1.807) is 50.5 Å². The lowest BCUT2D eigenvalue weighted by Gasteiger charge is -2.14. The van der Waals surface area contributed by atoms with E-state index in [9.17, 15) is 13.2 Å². The number of pyridine rings is 1. The van der Waals surface area contributed by atoms with Gasteiger partial charge >= 0.3 is 0 Å². The second kappa shape index (κ2) is 11.9. The van der Waals surface area contributed by atoms with E-state index < -0.39 is 15.1 Å². The van der Waals surface area contributed by atoms with Crippen LogP contribution in [0.1, 0.15) is 58.6 Å². The smallest absolute Gasteiger partial charge is 0.180 e. The highest BCUT2D eigenvalue weighted by atomic mass is 32.2. The summed E-state index contributed by atoms with van der Waals surface area (Å²) in [6, 6.07) is 12.3. The second-order valence-corrected chi connectivity index (χ2v) is 13.2. The summed E-state index contributed by atoms with van der Waals surface area (Å²) in [5.74, 6) is 1.25. The van der Waals surface area contributed by atoms with E-state index in [-0.39, 0.29) is 16.2 Å². The molecule has 3 aromatic rings. The van der Waals surface area contributed by atoms with Crippen LogP contribution in [-0.4, -0.2) is 36.2 Å². The number of aliphatic imine (C=N–C) groups is 1. The highest BCUT2D eigenvalue weighted by Crippen LogP contribution is 2.33. The number of sulfone groups is 1. The molecular formula is C30H37N3O4S. The van der Waals surface area contributed by atoms with E-state index in [0.29, 0.717) is 41.7 Å². The third-order valence-electron chi connectivity index (χ3n) is 6.01. The number of hydrogen-bond acceptors (Lipinski definition) is 7. The monoisotopic (exact) mass is 535 g/mol. The van der Waals surface area contributed by atoms with Gasteiger partial charge in [-0.05, 0) is 101 Å². The zero-order valence-corrected chi connectivity index (χ0v) is 23.8. The van der Waals surface area contributed by atoms with E-state index >= 15 is 0 Å². The first kappa shape index (κ1) is 29.0. The lowest BCUT2D eigenvalue weighted by Crippen LogP contribution is -2.13. The molecule has 0 amide bonds. The molecule has 0 aliphatic heterocycles. The molecule has 0 fully saturated rings. The maximum absolute atomic E-state index is 12.7. The molecule has 0 spiro atoms. The minimum atomic E-state index is -3.44. The molecule has 0 radical (unpaired) electrons. The number of fused-ring (bicyclic) bond motifs is 1. The summed E-state index contributed by atoms with van der Waals surface area (Å²) in [5, 5.41) is 0.0830. The lowest BCUT2D eigenvalue weighted by molar-refractivity contribution is -0.118. The van der Waals surface area contributed by atoms with Crippen LogP contribution >= 0.6 is 0 Å². The van der Waals surface area contributed by atoms with Gasteiger partial charge in [0, 0.05) is 30.6 Å². The van der Waals surface area contributed by atoms with Crippen LogP contribution in [0.5, 0.6) is 11.5 Å². The number of aromatic nitrogens is 1. The van der Waals surface area contributed by atoms with Gasteiger partial charge in [-0.25, -0.2) is 8.42 Å². The largest absolute Gasteiger partial charge is 0.456 e. The van der Waals surface area contributed by atoms with Crippen molar-refractivity contribution in [2.75, 3.05) is 0 Å². The van der Waals surface area contributed by atoms with E-state index in [0.717, 1.165) is 16.7 Å². The molecule has 0 bridgehead atoms. The molecule has 202 valence electrons. The van der Waals surface area contributed by atoms with Crippen molar-refractivity contribution in [3.05, 3.63) is 71.6 Å². The van der Waals surface area contributed by atoms with Crippen LogP contribution in [0.2, 0.25) is 0 Å². The predicted molar refractivity (Wildman–Crippen MR) is 154 cm³/mol. The third-order valence-corrected chi connectivity index (χ3v) is 8.16. The molecule has 0 aliphatic carbocycles. The van der Waals surface area contributed by atoms with Gasteiger partial charge in [0.2, 0.25) is 0 Å². The number of rotatable bonds is 10. The molecule has 3 rings (SSSR count). The number of nitrogens with zero attached hydrogens (tertiary/aromatic N) is 2. The lowest BCUT2D eigenvalue weighted by atomic mass is 10.0. The fourth-order valence-electron chi connectivity index (χ4n) is 3.76. The summed E-state index contributed by atoms with van der Waals surface area (Å²) in [5.41, 5.74) is 8.75. The van der Waals surface area contributed by atoms with Crippen LogP contribution in [0.25, 0.3) is 10.9 Å². The van der Waals surface area contributed by atoms with E-state index in [1.807, 2.05) is 45.9 Å². The van der Waals surface area contributed by atoms with Gasteiger partial charge in [-0.2, -0.15) is 0 Å². The molecule has 0 aliphatic rings. The van der Waals surface area contributed by atoms with Crippen molar-refractivity contribution in [1.29, 1.82) is 0 Å². The van der Waals surface area contributed by atoms with Gasteiger partial charge in [0.15, 0.2) is 9.84 Å². The molecule has 38 heavy (non-hydrogen) atoms. The number of Topliss-reactive ketones (excluding diaryl/α,β-unsaturated/α-hetero) is 1. The summed E-state index contributed by atoms with van der Waals surface area (Å²) in [6.45, 7) is 11.2. The van der Waals surface area contributed by atoms with E-state index in [2.05, 4.69) is 9.98 Å². The van der Waals surface area contributed by atoms with Crippen LogP contribution in [-0.2, 0) is 21.1 Å². The fourth-order valence-corrected chi connectivity index (χ4v) is 4.84. The summed E-state index contributed by atoms with van der Waals surface area (Å²) in [6.07, 6.45) is 6.10. The molecule has 0 unspecified atom stereocenters. The molecule has 0 saturated carbocycles. The number of aryl methyl sites for hydroxylation is 1. The number of ketones is 1. The third kappa shape index (κ3) is 7.51. The minimum Gasteiger partial charge on any atom is -0.456 e. The number of nitrogens with two attached hydrogens (primary N) is 1. The Morgan fingerprint density at radius 2 is 1.82 bits per heavy atom. The van der Waals surface area contributed by atoms with Crippen molar-refractivity contribution in [3.8, 4) is 11.5 Å². The van der Waals surface area contributed by atoms with Crippen LogP contribution in [0.4, 0.5) is 0 Å². The topological polar surface area (TPSA) is 112 Å². The highest BCUT2D eigenvalue weighted by molar-refractivity contribution is 7.92. The molecule has 8 heteroatoms. The van der Waals surface area contributed by atoms with Crippen LogP contribution in [0.3, 0.4) is 0 Å². The Bertz CT molecular complexity index is 1480. The van der Waals surface area contributed by atoms with E-state index in [4.69, 9.17) is 10.5 Å². The highest BCUT2D eigenvalue weighted by Gasteiger charge is 2.20. The first-order valence-electron chi connectivity index (χ1n) is 12.7. The Morgan fingerprint density at radius 3 is 2.45 bits per heavy atom. The standard InChI is InChI=1S/C30H37N3O4S/c1-20(2)38(35,36)25-10-11-27-26(17-25)29(13-14-32-27)37-28-12-8-22(15-21(28)3)16-24(34)9-7-23(18-31)19-33-30(4,5)6/h8,10-15,17-20H,7,9,16,31H2,1-6H3. The first-order chi connectivity index (χ1) is 17.8. The van der Waals surface area contributed by atoms with Gasteiger partial charge in [0.25, 0.3) is 0 Å². The minimum absolute atomic E-state index is 0.112. The molecule has 7 nitrogen and oxygen atoms in total. The van der Waals surface area contributed by atoms with Crippen LogP contribution < -0.4 is 10.5 Å². The van der Waals surface area contributed by atoms with Gasteiger partial charge in [0.1, 0.15) is 17.3 Å². The average Bonchev–Trinajstić information content (AvgIpc) is 2.85. The number of allylic oxidation sites excluding steroid dienone is 1. The van der Waals surface area contributed by atoms with Crippen molar-refractivity contribution in [1.82, 2.24) is 4.98 Å². The van der Waals surface area contributed by atoms with E-state index in [1.165, 1.54) is 6.20 Å². The number of carbonyl (C=O) groups is 1. The molecule has 2 aromatic carbocycles. The van der Waals surface area contributed by atoms with Crippen molar-refractivity contribution < 1.29 is 17.9 Å². The molecule has 0 atom stereocenters. The summed E-state index contributed by atoms with van der Waals surface area (Å²) >= 11 is 0. The quantitative estimate of drug-likeness (QED) is 0.313. The van der Waals surface area contributed by atoms with Crippen molar-refractivity contribution in [2.45, 2.75) is 76.5 Å². The normalized spacial score (nSPS) is 13.0. The molecule has 1 heterocycles. The SMILES string of the molecule is Cc1cc(CC(=O)CCC(C=NC(C)(C)C)=CN)ccc1Oc1ccnc2ccc(S(=O)(=O)C(C)C)cc12. The Labute approximate surface area is 225 Å². The Balaban J connectivity index is 1.74. The number of carbonyl (C=O) groups excluding carboxylic acids is 1. The Hall–Kier alpha value is -3.52. The van der Waals surface area contributed by atoms with Gasteiger partial charge in [-0.3, -0.25) is 14.8 Å². The maximum Gasteiger partial charge on any atom is 0.180 e. The van der Waals surface area contributed by atoms with Crippen molar-refractivity contribution in [3.63, 3.8) is 0 Å². The van der Waals surface area contributed by atoms with Gasteiger partial charge < -0.3 is 10.5 Å².